The number of aryl methyl sites for hydroxylation is 1. The van der Waals surface area contributed by atoms with Crippen LogP contribution in [0.15, 0.2) is 6.07 Å². The van der Waals surface area contributed by atoms with Crippen molar-refractivity contribution in [3.8, 4) is 17.2 Å². The van der Waals surface area contributed by atoms with Crippen LogP contribution in [0.4, 0.5) is 0 Å². The summed E-state index contributed by atoms with van der Waals surface area (Å²) in [5.74, 6) is 2.14. The zero-order valence-corrected chi connectivity index (χ0v) is 14.5. The van der Waals surface area contributed by atoms with Gasteiger partial charge in [-0.25, -0.2) is 0 Å². The second-order valence-corrected chi connectivity index (χ2v) is 4.96. The molecule has 0 spiro atoms. The van der Waals surface area contributed by atoms with Crippen molar-refractivity contribution in [1.82, 2.24) is 0 Å². The molecular formula is C16H28ClNO3. The van der Waals surface area contributed by atoms with E-state index < -0.39 is 0 Å². The van der Waals surface area contributed by atoms with Crippen LogP contribution in [0.1, 0.15) is 37.8 Å². The van der Waals surface area contributed by atoms with Crippen molar-refractivity contribution >= 4 is 12.4 Å². The molecule has 0 saturated carbocycles. The number of hydrogen-bond donors (Lipinski definition) is 1. The summed E-state index contributed by atoms with van der Waals surface area (Å²) in [5, 5.41) is 0. The van der Waals surface area contributed by atoms with E-state index in [1.807, 2.05) is 13.0 Å². The fourth-order valence-electron chi connectivity index (χ4n) is 2.15. The molecule has 1 aromatic rings. The first kappa shape index (κ1) is 19.9. The highest BCUT2D eigenvalue weighted by Gasteiger charge is 2.20. The summed E-state index contributed by atoms with van der Waals surface area (Å²) >= 11 is 0. The van der Waals surface area contributed by atoms with Crippen LogP contribution in [-0.2, 0) is 6.42 Å². The van der Waals surface area contributed by atoms with Crippen molar-refractivity contribution in [2.24, 2.45) is 5.73 Å². The quantitative estimate of drug-likeness (QED) is 0.797. The van der Waals surface area contributed by atoms with Crippen molar-refractivity contribution in [3.63, 3.8) is 0 Å². The summed E-state index contributed by atoms with van der Waals surface area (Å²) in [6.07, 6.45) is 2.64. The molecule has 5 heteroatoms. The number of benzene rings is 1. The van der Waals surface area contributed by atoms with E-state index in [1.54, 1.807) is 14.2 Å². The number of ether oxygens (including phenoxy) is 3. The zero-order chi connectivity index (χ0) is 15.1. The van der Waals surface area contributed by atoms with Gasteiger partial charge in [-0.3, -0.25) is 0 Å². The first-order chi connectivity index (χ1) is 9.58. The van der Waals surface area contributed by atoms with Gasteiger partial charge in [0.25, 0.3) is 0 Å². The standard InChI is InChI=1S/C16H27NO3.ClH/c1-6-8-20-16-14(18-4)9-11(3)13(15(16)19-5)10-12(17)7-2;/h9,12H,6-8,10,17H2,1-5H3;1H. The Morgan fingerprint density at radius 3 is 2.29 bits per heavy atom. The van der Waals surface area contributed by atoms with Gasteiger partial charge in [0.2, 0.25) is 5.75 Å². The van der Waals surface area contributed by atoms with E-state index in [9.17, 15) is 0 Å². The van der Waals surface area contributed by atoms with Crippen LogP contribution in [0, 0.1) is 6.92 Å². The molecule has 122 valence electrons. The van der Waals surface area contributed by atoms with E-state index in [-0.39, 0.29) is 18.4 Å². The van der Waals surface area contributed by atoms with E-state index >= 15 is 0 Å². The van der Waals surface area contributed by atoms with E-state index in [4.69, 9.17) is 19.9 Å². The molecule has 2 N–H and O–H groups in total. The summed E-state index contributed by atoms with van der Waals surface area (Å²) in [7, 11) is 3.30. The van der Waals surface area contributed by atoms with E-state index in [1.165, 1.54) is 0 Å². The Balaban J connectivity index is 0.00000400. The van der Waals surface area contributed by atoms with Crippen molar-refractivity contribution in [1.29, 1.82) is 0 Å². The fourth-order valence-corrected chi connectivity index (χ4v) is 2.15. The Morgan fingerprint density at radius 2 is 1.81 bits per heavy atom. The predicted octanol–water partition coefficient (Wildman–Crippen LogP) is 3.50. The highest BCUT2D eigenvalue weighted by Crippen LogP contribution is 2.42. The van der Waals surface area contributed by atoms with E-state index in [0.717, 1.165) is 36.1 Å². The van der Waals surface area contributed by atoms with E-state index in [2.05, 4.69) is 13.8 Å². The van der Waals surface area contributed by atoms with Gasteiger partial charge in [0, 0.05) is 11.6 Å². The lowest BCUT2D eigenvalue weighted by Crippen LogP contribution is -2.22. The van der Waals surface area contributed by atoms with Gasteiger partial charge in [0.1, 0.15) is 0 Å². The van der Waals surface area contributed by atoms with Crippen LogP contribution in [0.5, 0.6) is 17.2 Å². The number of halogens is 1. The molecule has 0 aliphatic rings. The first-order valence-corrected chi connectivity index (χ1v) is 7.21. The maximum Gasteiger partial charge on any atom is 0.203 e. The van der Waals surface area contributed by atoms with Gasteiger partial charge in [-0.05, 0) is 37.8 Å². The zero-order valence-electron chi connectivity index (χ0n) is 13.7. The third-order valence-electron chi connectivity index (χ3n) is 3.39. The third-order valence-corrected chi connectivity index (χ3v) is 3.39. The molecule has 1 unspecified atom stereocenters. The SMILES string of the molecule is CCCOc1c(OC)cc(C)c(CC(N)CC)c1OC.Cl. The highest BCUT2D eigenvalue weighted by atomic mass is 35.5. The first-order valence-electron chi connectivity index (χ1n) is 7.21. The van der Waals surface area contributed by atoms with Gasteiger partial charge in [-0.2, -0.15) is 0 Å². The van der Waals surface area contributed by atoms with Crippen molar-refractivity contribution in [2.75, 3.05) is 20.8 Å². The van der Waals surface area contributed by atoms with Gasteiger partial charge in [-0.15, -0.1) is 12.4 Å². The molecule has 1 aromatic carbocycles. The Bertz CT molecular complexity index is 438. The van der Waals surface area contributed by atoms with E-state index in [0.29, 0.717) is 18.1 Å². The van der Waals surface area contributed by atoms with Crippen molar-refractivity contribution in [2.45, 2.75) is 46.1 Å². The lowest BCUT2D eigenvalue weighted by molar-refractivity contribution is 0.273. The summed E-state index contributed by atoms with van der Waals surface area (Å²) in [4.78, 5) is 0. The van der Waals surface area contributed by atoms with Crippen LogP contribution < -0.4 is 19.9 Å². The molecule has 0 amide bonds. The minimum Gasteiger partial charge on any atom is -0.493 e. The summed E-state index contributed by atoms with van der Waals surface area (Å²) in [6, 6.07) is 2.11. The Kier molecular flexibility index (Phi) is 9.22. The molecule has 0 fully saturated rings. The molecule has 0 bridgehead atoms. The smallest absolute Gasteiger partial charge is 0.203 e. The molecule has 21 heavy (non-hydrogen) atoms. The maximum atomic E-state index is 6.09. The molecule has 0 saturated heterocycles. The summed E-state index contributed by atoms with van der Waals surface area (Å²) in [6.45, 7) is 6.84. The fraction of sp³-hybridized carbons (Fsp3) is 0.625. The average molecular weight is 318 g/mol. The van der Waals surface area contributed by atoms with Crippen LogP contribution >= 0.6 is 12.4 Å². The Morgan fingerprint density at radius 1 is 1.14 bits per heavy atom. The molecule has 1 atom stereocenters. The van der Waals surface area contributed by atoms with Crippen molar-refractivity contribution in [3.05, 3.63) is 17.2 Å². The average Bonchev–Trinajstić information content (AvgIpc) is 2.46. The third kappa shape index (κ3) is 4.97. The van der Waals surface area contributed by atoms with Gasteiger partial charge < -0.3 is 19.9 Å². The van der Waals surface area contributed by atoms with Gasteiger partial charge in [0.05, 0.1) is 20.8 Å². The normalized spacial score (nSPS) is 11.5. The number of rotatable bonds is 8. The lowest BCUT2D eigenvalue weighted by Gasteiger charge is -2.21. The number of nitrogens with two attached hydrogens (primary N) is 1. The van der Waals surface area contributed by atoms with Gasteiger partial charge in [-0.1, -0.05) is 13.8 Å². The van der Waals surface area contributed by atoms with Gasteiger partial charge >= 0.3 is 0 Å². The summed E-state index contributed by atoms with van der Waals surface area (Å²) in [5.41, 5.74) is 8.31. The molecule has 0 heterocycles. The van der Waals surface area contributed by atoms with Crippen LogP contribution in [0.25, 0.3) is 0 Å². The molecule has 4 nitrogen and oxygen atoms in total. The Labute approximate surface area is 134 Å². The molecular weight excluding hydrogens is 290 g/mol. The predicted molar refractivity (Wildman–Crippen MR) is 89.3 cm³/mol. The molecule has 0 aliphatic heterocycles. The highest BCUT2D eigenvalue weighted by molar-refractivity contribution is 5.85. The molecule has 0 radical (unpaired) electrons. The number of hydrogen-bond acceptors (Lipinski definition) is 4. The second kappa shape index (κ2) is 9.74. The largest absolute Gasteiger partial charge is 0.493 e. The maximum absolute atomic E-state index is 6.09. The Hall–Kier alpha value is -1.13. The summed E-state index contributed by atoms with van der Waals surface area (Å²) < 4.78 is 16.8. The van der Waals surface area contributed by atoms with Crippen LogP contribution in [0.3, 0.4) is 0 Å². The van der Waals surface area contributed by atoms with Crippen LogP contribution in [0.2, 0.25) is 0 Å². The topological polar surface area (TPSA) is 53.7 Å². The molecule has 0 aromatic heterocycles. The van der Waals surface area contributed by atoms with Gasteiger partial charge in [0.15, 0.2) is 11.5 Å². The lowest BCUT2D eigenvalue weighted by atomic mass is 9.98. The minimum absolute atomic E-state index is 0. The minimum atomic E-state index is 0. The number of methoxy groups -OCH3 is 2. The van der Waals surface area contributed by atoms with Crippen molar-refractivity contribution < 1.29 is 14.2 Å². The monoisotopic (exact) mass is 317 g/mol. The van der Waals surface area contributed by atoms with Crippen LogP contribution in [-0.4, -0.2) is 26.9 Å². The second-order valence-electron chi connectivity index (χ2n) is 4.96. The molecule has 1 rings (SSSR count). The molecule has 0 aliphatic carbocycles.